The summed E-state index contributed by atoms with van der Waals surface area (Å²) in [5.41, 5.74) is 0. The van der Waals surface area contributed by atoms with Crippen molar-refractivity contribution in [2.24, 2.45) is 5.92 Å². The molecule has 0 unspecified atom stereocenters. The summed E-state index contributed by atoms with van der Waals surface area (Å²) in [5, 5.41) is 0. The maximum absolute atomic E-state index is 11.1. The van der Waals surface area contributed by atoms with E-state index in [1.807, 2.05) is 30.3 Å². The maximum Gasteiger partial charge on any atom is 0.330 e. The van der Waals surface area contributed by atoms with Crippen LogP contribution in [-0.4, -0.2) is 18.7 Å². The fourth-order valence-corrected chi connectivity index (χ4v) is 2.61. The minimum atomic E-state index is -0.305. The lowest BCUT2D eigenvalue weighted by molar-refractivity contribution is -0.144. The molecule has 0 atom stereocenters. The monoisotopic (exact) mass is 274 g/mol. The van der Waals surface area contributed by atoms with Crippen molar-refractivity contribution in [3.63, 3.8) is 0 Å². The van der Waals surface area contributed by atoms with Crippen LogP contribution in [0.25, 0.3) is 0 Å². The fraction of sp³-hybridized carbons (Fsp3) is 0.471. The Morgan fingerprint density at radius 3 is 2.55 bits per heavy atom. The molecule has 0 aromatic heterocycles. The Labute approximate surface area is 120 Å². The third-order valence-corrected chi connectivity index (χ3v) is 3.78. The van der Waals surface area contributed by atoms with Crippen molar-refractivity contribution in [2.75, 3.05) is 6.61 Å². The molecule has 1 aromatic carbocycles. The number of carbonyl (C=O) groups is 1. The summed E-state index contributed by atoms with van der Waals surface area (Å²) in [5.74, 6) is 1.30. The van der Waals surface area contributed by atoms with Gasteiger partial charge in [0.15, 0.2) is 0 Å². The molecule has 108 valence electrons. The highest BCUT2D eigenvalue weighted by Gasteiger charge is 2.23. The van der Waals surface area contributed by atoms with E-state index in [-0.39, 0.29) is 12.1 Å². The zero-order valence-corrected chi connectivity index (χ0v) is 11.8. The quantitative estimate of drug-likeness (QED) is 0.585. The van der Waals surface area contributed by atoms with Crippen LogP contribution < -0.4 is 4.74 Å². The minimum absolute atomic E-state index is 0.0757. The van der Waals surface area contributed by atoms with Gasteiger partial charge in [-0.15, -0.1) is 0 Å². The normalized spacial score (nSPS) is 22.0. The van der Waals surface area contributed by atoms with E-state index in [0.717, 1.165) is 44.5 Å². The Kier molecular flexibility index (Phi) is 5.66. The van der Waals surface area contributed by atoms with E-state index in [1.54, 1.807) is 0 Å². The smallest absolute Gasteiger partial charge is 0.330 e. The number of esters is 1. The van der Waals surface area contributed by atoms with Gasteiger partial charge in [-0.25, -0.2) is 4.79 Å². The topological polar surface area (TPSA) is 35.5 Å². The highest BCUT2D eigenvalue weighted by molar-refractivity contribution is 5.81. The summed E-state index contributed by atoms with van der Waals surface area (Å²) >= 11 is 0. The molecule has 0 aliphatic heterocycles. The molecule has 2 rings (SSSR count). The van der Waals surface area contributed by atoms with Gasteiger partial charge in [0.2, 0.25) is 0 Å². The average Bonchev–Trinajstić information content (AvgIpc) is 2.50. The van der Waals surface area contributed by atoms with Gasteiger partial charge in [-0.2, -0.15) is 0 Å². The summed E-state index contributed by atoms with van der Waals surface area (Å²) < 4.78 is 11.0. The van der Waals surface area contributed by atoms with Crippen molar-refractivity contribution in [1.29, 1.82) is 0 Å². The predicted molar refractivity (Wildman–Crippen MR) is 78.6 cm³/mol. The number of rotatable bonds is 6. The second-order valence-electron chi connectivity index (χ2n) is 5.23. The number of hydrogen-bond donors (Lipinski definition) is 0. The van der Waals surface area contributed by atoms with E-state index >= 15 is 0 Å². The zero-order chi connectivity index (χ0) is 14.2. The number of ether oxygens (including phenoxy) is 2. The van der Waals surface area contributed by atoms with Gasteiger partial charge in [0, 0.05) is 6.08 Å². The van der Waals surface area contributed by atoms with Crippen molar-refractivity contribution in [3.05, 3.63) is 43.0 Å². The molecule has 0 radical (unpaired) electrons. The number of para-hydroxylation sites is 1. The van der Waals surface area contributed by atoms with Crippen molar-refractivity contribution >= 4 is 5.97 Å². The number of benzene rings is 1. The summed E-state index contributed by atoms with van der Waals surface area (Å²) in [4.78, 5) is 11.1. The lowest BCUT2D eigenvalue weighted by Crippen LogP contribution is -2.24. The fourth-order valence-electron chi connectivity index (χ4n) is 2.61. The molecule has 20 heavy (non-hydrogen) atoms. The van der Waals surface area contributed by atoms with Crippen molar-refractivity contribution < 1.29 is 14.3 Å². The van der Waals surface area contributed by atoms with E-state index in [4.69, 9.17) is 9.47 Å². The van der Waals surface area contributed by atoms with Gasteiger partial charge in [0.05, 0.1) is 6.61 Å². The van der Waals surface area contributed by atoms with Gasteiger partial charge in [-0.1, -0.05) is 24.8 Å². The van der Waals surface area contributed by atoms with Gasteiger partial charge in [-0.05, 0) is 50.2 Å². The minimum Gasteiger partial charge on any atom is -0.494 e. The SMILES string of the molecule is C=CC(=O)OC1CCC(CCOc2ccccc2)CC1. The van der Waals surface area contributed by atoms with Crippen LogP contribution in [0.15, 0.2) is 43.0 Å². The Hall–Kier alpha value is -1.77. The first-order valence-electron chi connectivity index (χ1n) is 7.29. The summed E-state index contributed by atoms with van der Waals surface area (Å²) in [6.07, 6.45) is 6.49. The van der Waals surface area contributed by atoms with Gasteiger partial charge in [0.1, 0.15) is 11.9 Å². The summed E-state index contributed by atoms with van der Waals surface area (Å²) in [7, 11) is 0. The number of hydrogen-bond acceptors (Lipinski definition) is 3. The molecule has 3 heteroatoms. The molecule has 1 aliphatic carbocycles. The Morgan fingerprint density at radius 1 is 1.20 bits per heavy atom. The molecule has 1 aliphatic rings. The lowest BCUT2D eigenvalue weighted by Gasteiger charge is -2.27. The molecule has 3 nitrogen and oxygen atoms in total. The lowest BCUT2D eigenvalue weighted by atomic mass is 9.85. The third-order valence-electron chi connectivity index (χ3n) is 3.78. The Bertz CT molecular complexity index is 419. The predicted octanol–water partition coefficient (Wildman–Crippen LogP) is 3.74. The van der Waals surface area contributed by atoms with Crippen LogP contribution in [0.2, 0.25) is 0 Å². The zero-order valence-electron chi connectivity index (χ0n) is 11.8. The molecule has 0 bridgehead atoms. The van der Waals surface area contributed by atoms with Crippen LogP contribution in [-0.2, 0) is 9.53 Å². The van der Waals surface area contributed by atoms with Crippen LogP contribution in [0, 0.1) is 5.92 Å². The molecule has 0 N–H and O–H groups in total. The van der Waals surface area contributed by atoms with E-state index in [9.17, 15) is 4.79 Å². The molecule has 0 spiro atoms. The van der Waals surface area contributed by atoms with Crippen molar-refractivity contribution in [2.45, 2.75) is 38.2 Å². The number of carbonyl (C=O) groups excluding carboxylic acids is 1. The van der Waals surface area contributed by atoms with Crippen molar-refractivity contribution in [3.8, 4) is 5.75 Å². The van der Waals surface area contributed by atoms with Crippen LogP contribution >= 0.6 is 0 Å². The summed E-state index contributed by atoms with van der Waals surface area (Å²) in [6.45, 7) is 4.18. The summed E-state index contributed by atoms with van der Waals surface area (Å²) in [6, 6.07) is 9.90. The van der Waals surface area contributed by atoms with Crippen LogP contribution in [0.5, 0.6) is 5.75 Å². The second-order valence-corrected chi connectivity index (χ2v) is 5.23. The first-order valence-corrected chi connectivity index (χ1v) is 7.29. The molecular formula is C17H22O3. The van der Waals surface area contributed by atoms with Crippen LogP contribution in [0.1, 0.15) is 32.1 Å². The second kappa shape index (κ2) is 7.73. The molecule has 0 amide bonds. The largest absolute Gasteiger partial charge is 0.494 e. The average molecular weight is 274 g/mol. The van der Waals surface area contributed by atoms with Crippen molar-refractivity contribution in [1.82, 2.24) is 0 Å². The van der Waals surface area contributed by atoms with Gasteiger partial charge < -0.3 is 9.47 Å². The van der Waals surface area contributed by atoms with Gasteiger partial charge in [0.25, 0.3) is 0 Å². The van der Waals surface area contributed by atoms with Gasteiger partial charge >= 0.3 is 5.97 Å². The van der Waals surface area contributed by atoms with Gasteiger partial charge in [-0.3, -0.25) is 0 Å². The molecule has 0 saturated heterocycles. The van der Waals surface area contributed by atoms with E-state index < -0.39 is 0 Å². The highest BCUT2D eigenvalue weighted by Crippen LogP contribution is 2.28. The van der Waals surface area contributed by atoms with Crippen LogP contribution in [0.4, 0.5) is 0 Å². The standard InChI is InChI=1S/C17H22O3/c1-2-17(18)20-16-10-8-14(9-11-16)12-13-19-15-6-4-3-5-7-15/h2-7,14,16H,1,8-13H2. The maximum atomic E-state index is 11.1. The molecular weight excluding hydrogens is 252 g/mol. The van der Waals surface area contributed by atoms with E-state index in [2.05, 4.69) is 6.58 Å². The van der Waals surface area contributed by atoms with E-state index in [1.165, 1.54) is 6.08 Å². The first kappa shape index (κ1) is 14.6. The molecule has 0 heterocycles. The highest BCUT2D eigenvalue weighted by atomic mass is 16.5. The Balaban J connectivity index is 1.62. The Morgan fingerprint density at radius 2 is 1.90 bits per heavy atom. The molecule has 1 aromatic rings. The third kappa shape index (κ3) is 4.72. The first-order chi connectivity index (χ1) is 9.78. The van der Waals surface area contributed by atoms with Crippen LogP contribution in [0.3, 0.4) is 0 Å². The molecule has 1 fully saturated rings. The molecule has 1 saturated carbocycles. The van der Waals surface area contributed by atoms with E-state index in [0.29, 0.717) is 5.92 Å².